The molecule has 2 aliphatic rings. The fourth-order valence-electron chi connectivity index (χ4n) is 3.34. The molecule has 2 saturated heterocycles. The Kier molecular flexibility index (Phi) is 4.07. The number of carbonyl (C=O) groups excluding carboxylic acids is 3. The van der Waals surface area contributed by atoms with E-state index in [-0.39, 0.29) is 17.7 Å². The van der Waals surface area contributed by atoms with E-state index in [1.54, 1.807) is 0 Å². The van der Waals surface area contributed by atoms with Gasteiger partial charge in [-0.05, 0) is 23.0 Å². The first-order valence-corrected chi connectivity index (χ1v) is 8.17. The van der Waals surface area contributed by atoms with Crippen LogP contribution in [0.5, 0.6) is 0 Å². The van der Waals surface area contributed by atoms with Gasteiger partial charge in [-0.1, -0.05) is 45.0 Å². The Balaban J connectivity index is 1.83. The number of benzene rings is 1. The van der Waals surface area contributed by atoms with Crippen LogP contribution in [0.15, 0.2) is 24.3 Å². The maximum atomic E-state index is 12.3. The molecule has 0 spiro atoms. The van der Waals surface area contributed by atoms with Gasteiger partial charge in [0.1, 0.15) is 12.1 Å². The Morgan fingerprint density at radius 2 is 1.88 bits per heavy atom. The molecular weight excluding hydrogens is 308 g/mol. The van der Waals surface area contributed by atoms with Crippen LogP contribution in [0.1, 0.15) is 50.8 Å². The molecule has 0 bridgehead atoms. The highest BCUT2D eigenvalue weighted by Gasteiger charge is 2.42. The third-order valence-corrected chi connectivity index (χ3v) is 4.54. The average Bonchev–Trinajstić information content (AvgIpc) is 2.88. The van der Waals surface area contributed by atoms with Gasteiger partial charge in [0, 0.05) is 6.42 Å². The summed E-state index contributed by atoms with van der Waals surface area (Å²) in [5.74, 6) is -0.716. The minimum Gasteiger partial charge on any atom is -0.439 e. The van der Waals surface area contributed by atoms with Crippen molar-refractivity contribution in [2.75, 3.05) is 6.54 Å². The first-order chi connectivity index (χ1) is 11.3. The fourth-order valence-corrected chi connectivity index (χ4v) is 3.34. The normalized spacial score (nSPS) is 24.8. The number of nitrogens with zero attached hydrogens (tertiary/aromatic N) is 1. The highest BCUT2D eigenvalue weighted by atomic mass is 16.6. The van der Waals surface area contributed by atoms with E-state index in [2.05, 4.69) is 26.1 Å². The Labute approximate surface area is 141 Å². The molecule has 24 heavy (non-hydrogen) atoms. The minimum atomic E-state index is -0.637. The zero-order valence-corrected chi connectivity index (χ0v) is 14.2. The van der Waals surface area contributed by atoms with Gasteiger partial charge in [0.15, 0.2) is 0 Å². The van der Waals surface area contributed by atoms with Gasteiger partial charge in [0.05, 0.1) is 6.54 Å². The molecule has 6 heteroatoms. The second-order valence-corrected chi connectivity index (χ2v) is 7.33. The fraction of sp³-hybridized carbons (Fsp3) is 0.500. The van der Waals surface area contributed by atoms with Gasteiger partial charge in [-0.3, -0.25) is 19.8 Å². The van der Waals surface area contributed by atoms with Crippen molar-refractivity contribution in [2.24, 2.45) is 0 Å². The summed E-state index contributed by atoms with van der Waals surface area (Å²) in [7, 11) is 0. The van der Waals surface area contributed by atoms with Crippen molar-refractivity contribution >= 4 is 17.9 Å². The van der Waals surface area contributed by atoms with Gasteiger partial charge in [-0.15, -0.1) is 0 Å². The lowest BCUT2D eigenvalue weighted by molar-refractivity contribution is -0.136. The number of rotatable bonds is 2. The average molecular weight is 330 g/mol. The summed E-state index contributed by atoms with van der Waals surface area (Å²) in [5.41, 5.74) is 2.01. The zero-order chi connectivity index (χ0) is 17.5. The molecule has 3 rings (SSSR count). The summed E-state index contributed by atoms with van der Waals surface area (Å²) in [6.45, 7) is 6.65. The van der Waals surface area contributed by atoms with Crippen LogP contribution in [-0.4, -0.2) is 35.4 Å². The highest BCUT2D eigenvalue weighted by molar-refractivity contribution is 6.01. The summed E-state index contributed by atoms with van der Waals surface area (Å²) in [6.07, 6.45) is -0.326. The molecule has 0 saturated carbocycles. The molecule has 1 N–H and O–H groups in total. The van der Waals surface area contributed by atoms with Crippen LogP contribution in [-0.2, 0) is 19.7 Å². The second-order valence-electron chi connectivity index (χ2n) is 7.33. The molecule has 2 aliphatic heterocycles. The third-order valence-electron chi connectivity index (χ3n) is 4.54. The molecule has 1 aromatic carbocycles. The van der Waals surface area contributed by atoms with Crippen LogP contribution < -0.4 is 5.32 Å². The van der Waals surface area contributed by atoms with Gasteiger partial charge >= 0.3 is 6.09 Å². The smallest absolute Gasteiger partial charge is 0.411 e. The van der Waals surface area contributed by atoms with Crippen LogP contribution in [0.3, 0.4) is 0 Å². The second kappa shape index (κ2) is 5.92. The summed E-state index contributed by atoms with van der Waals surface area (Å²) in [6, 6.07) is 7.26. The summed E-state index contributed by atoms with van der Waals surface area (Å²) >= 11 is 0. The number of piperidine rings is 1. The molecule has 2 atom stereocenters. The number of carbonyl (C=O) groups is 3. The topological polar surface area (TPSA) is 75.7 Å². The quantitative estimate of drug-likeness (QED) is 0.844. The van der Waals surface area contributed by atoms with Crippen LogP contribution >= 0.6 is 0 Å². The van der Waals surface area contributed by atoms with E-state index in [0.29, 0.717) is 13.0 Å². The largest absolute Gasteiger partial charge is 0.439 e. The molecule has 2 fully saturated rings. The summed E-state index contributed by atoms with van der Waals surface area (Å²) in [5, 5.41) is 2.29. The highest BCUT2D eigenvalue weighted by Crippen LogP contribution is 2.35. The molecule has 0 aliphatic carbocycles. The Morgan fingerprint density at radius 1 is 1.17 bits per heavy atom. The maximum absolute atomic E-state index is 12.3. The van der Waals surface area contributed by atoms with Gasteiger partial charge in [-0.25, -0.2) is 4.79 Å². The third kappa shape index (κ3) is 3.00. The molecule has 3 amide bonds. The minimum absolute atomic E-state index is 0.0783. The SMILES string of the molecule is CC(C)(C)c1ccccc1[C@H]1CN(C2CCC(=O)NC2=O)C(=O)O1. The van der Waals surface area contributed by atoms with Gasteiger partial charge in [0.25, 0.3) is 0 Å². The van der Waals surface area contributed by atoms with E-state index in [4.69, 9.17) is 4.74 Å². The van der Waals surface area contributed by atoms with E-state index in [1.165, 1.54) is 4.90 Å². The number of nitrogens with one attached hydrogen (secondary N) is 1. The molecule has 1 aromatic rings. The van der Waals surface area contributed by atoms with Crippen molar-refractivity contribution in [3.05, 3.63) is 35.4 Å². The van der Waals surface area contributed by atoms with Crippen LogP contribution in [0.2, 0.25) is 0 Å². The van der Waals surface area contributed by atoms with Crippen molar-refractivity contribution in [2.45, 2.75) is 51.2 Å². The molecule has 0 aromatic heterocycles. The van der Waals surface area contributed by atoms with E-state index in [9.17, 15) is 14.4 Å². The number of imide groups is 1. The lowest BCUT2D eigenvalue weighted by atomic mass is 9.82. The molecule has 128 valence electrons. The van der Waals surface area contributed by atoms with E-state index < -0.39 is 24.1 Å². The monoisotopic (exact) mass is 330 g/mol. The van der Waals surface area contributed by atoms with Crippen molar-refractivity contribution in [3.8, 4) is 0 Å². The first kappa shape index (κ1) is 16.5. The van der Waals surface area contributed by atoms with Gasteiger partial charge in [0.2, 0.25) is 11.8 Å². The molecule has 6 nitrogen and oxygen atoms in total. The van der Waals surface area contributed by atoms with E-state index in [0.717, 1.165) is 11.1 Å². The van der Waals surface area contributed by atoms with Crippen LogP contribution in [0.25, 0.3) is 0 Å². The number of ether oxygens (including phenoxy) is 1. The van der Waals surface area contributed by atoms with Gasteiger partial charge in [-0.2, -0.15) is 0 Å². The van der Waals surface area contributed by atoms with Crippen molar-refractivity contribution in [3.63, 3.8) is 0 Å². The van der Waals surface area contributed by atoms with E-state index >= 15 is 0 Å². The lowest BCUT2D eigenvalue weighted by Gasteiger charge is -2.28. The van der Waals surface area contributed by atoms with Gasteiger partial charge < -0.3 is 4.74 Å². The standard InChI is InChI=1S/C18H22N2O4/c1-18(2,3)12-7-5-4-6-11(12)14-10-20(17(23)24-14)13-8-9-15(21)19-16(13)22/h4-7,13-14H,8-10H2,1-3H3,(H,19,21,22)/t13?,14-/m1/s1. The number of hydrogen-bond donors (Lipinski definition) is 1. The summed E-state index contributed by atoms with van der Waals surface area (Å²) < 4.78 is 5.55. The number of cyclic esters (lactones) is 1. The van der Waals surface area contributed by atoms with Crippen molar-refractivity contribution < 1.29 is 19.1 Å². The molecule has 2 heterocycles. The zero-order valence-electron chi connectivity index (χ0n) is 14.2. The maximum Gasteiger partial charge on any atom is 0.411 e. The van der Waals surface area contributed by atoms with Crippen LogP contribution in [0, 0.1) is 0 Å². The predicted octanol–water partition coefficient (Wildman–Crippen LogP) is 2.28. The first-order valence-electron chi connectivity index (χ1n) is 8.17. The Morgan fingerprint density at radius 3 is 2.54 bits per heavy atom. The predicted molar refractivity (Wildman–Crippen MR) is 87.2 cm³/mol. The summed E-state index contributed by atoms with van der Waals surface area (Å²) in [4.78, 5) is 37.0. The van der Waals surface area contributed by atoms with Crippen LogP contribution in [0.4, 0.5) is 4.79 Å². The lowest BCUT2D eigenvalue weighted by Crippen LogP contribution is -2.52. The molecule has 0 radical (unpaired) electrons. The molecular formula is C18H22N2O4. The Hall–Kier alpha value is -2.37. The van der Waals surface area contributed by atoms with Crippen molar-refractivity contribution in [1.82, 2.24) is 10.2 Å². The van der Waals surface area contributed by atoms with E-state index in [1.807, 2.05) is 24.3 Å². The number of hydrogen-bond acceptors (Lipinski definition) is 4. The Bertz CT molecular complexity index is 693. The number of amides is 3. The van der Waals surface area contributed by atoms with Crippen molar-refractivity contribution in [1.29, 1.82) is 0 Å². The molecule has 1 unspecified atom stereocenters.